The second-order valence-corrected chi connectivity index (χ2v) is 5.83. The standard InChI is InChI=1S/C18H22N2O.ClH/c1-19-17-7-4-10-20(13-17)18(21)12-14-8-9-15-5-2-3-6-16(15)11-14;/h2-3,5-6,8-9,11,17,19H,4,7,10,12-13H2,1H3;1H. The van der Waals surface area contributed by atoms with Gasteiger partial charge in [0.15, 0.2) is 0 Å². The van der Waals surface area contributed by atoms with Crippen molar-refractivity contribution in [2.75, 3.05) is 20.1 Å². The second kappa shape index (κ2) is 7.61. The number of nitrogens with one attached hydrogen (secondary N) is 1. The number of fused-ring (bicyclic) bond motifs is 1. The topological polar surface area (TPSA) is 32.3 Å². The molecule has 2 aromatic carbocycles. The normalized spacial score (nSPS) is 18.0. The van der Waals surface area contributed by atoms with Gasteiger partial charge in [0.25, 0.3) is 0 Å². The third-order valence-corrected chi connectivity index (χ3v) is 4.35. The number of carbonyl (C=O) groups excluding carboxylic acids is 1. The number of likely N-dealkylation sites (tertiary alicyclic amines) is 1. The summed E-state index contributed by atoms with van der Waals surface area (Å²) in [5, 5.41) is 5.71. The SMILES string of the molecule is CNC1CCCN(C(=O)Cc2ccc3ccccc3c2)C1.Cl. The van der Waals surface area contributed by atoms with Crippen LogP contribution < -0.4 is 5.32 Å². The number of benzene rings is 2. The van der Waals surface area contributed by atoms with E-state index in [0.29, 0.717) is 12.5 Å². The Bertz CT molecular complexity index is 644. The Morgan fingerprint density at radius 3 is 2.77 bits per heavy atom. The van der Waals surface area contributed by atoms with Crippen molar-refractivity contribution in [3.05, 3.63) is 48.0 Å². The lowest BCUT2D eigenvalue weighted by Gasteiger charge is -2.32. The van der Waals surface area contributed by atoms with Crippen molar-refractivity contribution in [3.63, 3.8) is 0 Å². The minimum atomic E-state index is 0. The van der Waals surface area contributed by atoms with Gasteiger partial charge in [0.1, 0.15) is 0 Å². The number of likely N-dealkylation sites (N-methyl/N-ethyl adjacent to an activating group) is 1. The summed E-state index contributed by atoms with van der Waals surface area (Å²) < 4.78 is 0. The molecule has 0 saturated carbocycles. The minimum Gasteiger partial charge on any atom is -0.341 e. The summed E-state index contributed by atoms with van der Waals surface area (Å²) in [5.74, 6) is 0.241. The molecular formula is C18H23ClN2O. The van der Waals surface area contributed by atoms with Crippen LogP contribution in [0.15, 0.2) is 42.5 Å². The van der Waals surface area contributed by atoms with E-state index in [1.54, 1.807) is 0 Å². The molecule has 1 N–H and O–H groups in total. The summed E-state index contributed by atoms with van der Waals surface area (Å²) in [5.41, 5.74) is 1.10. The lowest BCUT2D eigenvalue weighted by atomic mass is 10.0. The summed E-state index contributed by atoms with van der Waals surface area (Å²) in [6.07, 6.45) is 2.76. The van der Waals surface area contributed by atoms with E-state index in [2.05, 4.69) is 35.6 Å². The molecule has 1 aliphatic rings. The summed E-state index contributed by atoms with van der Waals surface area (Å²) >= 11 is 0. The maximum atomic E-state index is 12.5. The molecule has 1 unspecified atom stereocenters. The van der Waals surface area contributed by atoms with Crippen LogP contribution in [-0.2, 0) is 11.2 Å². The molecule has 1 amide bonds. The van der Waals surface area contributed by atoms with Crippen LogP contribution in [0.3, 0.4) is 0 Å². The van der Waals surface area contributed by atoms with E-state index >= 15 is 0 Å². The molecule has 2 aromatic rings. The first-order chi connectivity index (χ1) is 10.3. The van der Waals surface area contributed by atoms with Crippen LogP contribution in [0.1, 0.15) is 18.4 Å². The second-order valence-electron chi connectivity index (χ2n) is 5.83. The van der Waals surface area contributed by atoms with E-state index < -0.39 is 0 Å². The van der Waals surface area contributed by atoms with Crippen LogP contribution in [-0.4, -0.2) is 37.0 Å². The van der Waals surface area contributed by atoms with Crippen molar-refractivity contribution in [2.45, 2.75) is 25.3 Å². The van der Waals surface area contributed by atoms with E-state index in [-0.39, 0.29) is 18.3 Å². The molecule has 4 heteroatoms. The first kappa shape index (κ1) is 16.8. The van der Waals surface area contributed by atoms with Gasteiger partial charge in [-0.25, -0.2) is 0 Å². The molecule has 3 nitrogen and oxygen atoms in total. The Hall–Kier alpha value is -1.58. The Kier molecular flexibility index (Phi) is 5.81. The zero-order valence-electron chi connectivity index (χ0n) is 12.9. The fraction of sp³-hybridized carbons (Fsp3) is 0.389. The van der Waals surface area contributed by atoms with E-state index in [0.717, 1.165) is 31.5 Å². The molecule has 1 fully saturated rings. The van der Waals surface area contributed by atoms with Gasteiger partial charge in [0.05, 0.1) is 6.42 Å². The van der Waals surface area contributed by atoms with Crippen LogP contribution in [0.4, 0.5) is 0 Å². The fourth-order valence-electron chi connectivity index (χ4n) is 3.07. The van der Waals surface area contributed by atoms with Crippen molar-refractivity contribution in [3.8, 4) is 0 Å². The third-order valence-electron chi connectivity index (χ3n) is 4.35. The van der Waals surface area contributed by atoms with Gasteiger partial charge in [-0.2, -0.15) is 0 Å². The lowest BCUT2D eigenvalue weighted by molar-refractivity contribution is -0.131. The van der Waals surface area contributed by atoms with E-state index in [1.165, 1.54) is 10.8 Å². The average molecular weight is 319 g/mol. The van der Waals surface area contributed by atoms with Gasteiger partial charge >= 0.3 is 0 Å². The zero-order chi connectivity index (χ0) is 14.7. The number of hydrogen-bond acceptors (Lipinski definition) is 2. The van der Waals surface area contributed by atoms with Gasteiger partial charge in [-0.05, 0) is 36.2 Å². The number of hydrogen-bond donors (Lipinski definition) is 1. The van der Waals surface area contributed by atoms with Crippen LogP contribution in [0.5, 0.6) is 0 Å². The Balaban J connectivity index is 0.00000176. The monoisotopic (exact) mass is 318 g/mol. The predicted octanol–water partition coefficient (Wildman–Crippen LogP) is 3.01. The van der Waals surface area contributed by atoms with E-state index in [4.69, 9.17) is 0 Å². The van der Waals surface area contributed by atoms with Crippen molar-refractivity contribution in [1.82, 2.24) is 10.2 Å². The molecule has 3 rings (SSSR count). The molecular weight excluding hydrogens is 296 g/mol. The number of halogens is 1. The Morgan fingerprint density at radius 1 is 1.23 bits per heavy atom. The molecule has 0 aromatic heterocycles. The molecule has 118 valence electrons. The Morgan fingerprint density at radius 2 is 2.00 bits per heavy atom. The summed E-state index contributed by atoms with van der Waals surface area (Å²) in [6.45, 7) is 1.73. The van der Waals surface area contributed by atoms with Gasteiger partial charge in [-0.1, -0.05) is 42.5 Å². The molecule has 1 aliphatic heterocycles. The third kappa shape index (κ3) is 3.79. The first-order valence-corrected chi connectivity index (χ1v) is 7.69. The summed E-state index contributed by atoms with van der Waals surface area (Å²) in [6, 6.07) is 15.0. The van der Waals surface area contributed by atoms with Gasteiger partial charge in [0.2, 0.25) is 5.91 Å². The zero-order valence-corrected chi connectivity index (χ0v) is 13.7. The average Bonchev–Trinajstić information content (AvgIpc) is 2.54. The van der Waals surface area contributed by atoms with Gasteiger partial charge in [-0.3, -0.25) is 4.79 Å². The van der Waals surface area contributed by atoms with Crippen LogP contribution in [0.25, 0.3) is 10.8 Å². The highest BCUT2D eigenvalue weighted by molar-refractivity contribution is 5.86. The van der Waals surface area contributed by atoms with Gasteiger partial charge in [0, 0.05) is 19.1 Å². The highest BCUT2D eigenvalue weighted by Crippen LogP contribution is 2.17. The molecule has 0 radical (unpaired) electrons. The van der Waals surface area contributed by atoms with Gasteiger partial charge < -0.3 is 10.2 Å². The predicted molar refractivity (Wildman–Crippen MR) is 93.6 cm³/mol. The van der Waals surface area contributed by atoms with Gasteiger partial charge in [-0.15, -0.1) is 12.4 Å². The molecule has 0 spiro atoms. The highest BCUT2D eigenvalue weighted by atomic mass is 35.5. The number of piperidine rings is 1. The lowest BCUT2D eigenvalue weighted by Crippen LogP contribution is -2.47. The van der Waals surface area contributed by atoms with Crippen molar-refractivity contribution >= 4 is 29.1 Å². The molecule has 1 saturated heterocycles. The summed E-state index contributed by atoms with van der Waals surface area (Å²) in [7, 11) is 1.97. The van der Waals surface area contributed by atoms with E-state index in [1.807, 2.05) is 24.1 Å². The Labute approximate surface area is 138 Å². The highest BCUT2D eigenvalue weighted by Gasteiger charge is 2.22. The quantitative estimate of drug-likeness (QED) is 0.943. The molecule has 0 aliphatic carbocycles. The van der Waals surface area contributed by atoms with Crippen LogP contribution >= 0.6 is 12.4 Å². The van der Waals surface area contributed by atoms with E-state index in [9.17, 15) is 4.79 Å². The van der Waals surface area contributed by atoms with Crippen molar-refractivity contribution in [2.24, 2.45) is 0 Å². The van der Waals surface area contributed by atoms with Crippen molar-refractivity contribution < 1.29 is 4.79 Å². The first-order valence-electron chi connectivity index (χ1n) is 7.69. The number of nitrogens with zero attached hydrogens (tertiary/aromatic N) is 1. The number of amides is 1. The summed E-state index contributed by atoms with van der Waals surface area (Å²) in [4.78, 5) is 14.5. The minimum absolute atomic E-state index is 0. The fourth-order valence-corrected chi connectivity index (χ4v) is 3.07. The van der Waals surface area contributed by atoms with Crippen LogP contribution in [0, 0.1) is 0 Å². The molecule has 22 heavy (non-hydrogen) atoms. The largest absolute Gasteiger partial charge is 0.341 e. The molecule has 1 heterocycles. The number of rotatable bonds is 3. The number of carbonyl (C=O) groups is 1. The maximum Gasteiger partial charge on any atom is 0.227 e. The maximum absolute atomic E-state index is 12.5. The van der Waals surface area contributed by atoms with Crippen molar-refractivity contribution in [1.29, 1.82) is 0 Å². The molecule has 1 atom stereocenters. The smallest absolute Gasteiger partial charge is 0.227 e. The molecule has 0 bridgehead atoms. The van der Waals surface area contributed by atoms with Crippen LogP contribution in [0.2, 0.25) is 0 Å².